The van der Waals surface area contributed by atoms with Crippen molar-refractivity contribution in [2.45, 2.75) is 20.8 Å². The van der Waals surface area contributed by atoms with Gasteiger partial charge in [-0.1, -0.05) is 12.1 Å². The average Bonchev–Trinajstić information content (AvgIpc) is 2.40. The zero-order valence-corrected chi connectivity index (χ0v) is 11.3. The molecule has 2 rings (SSSR count). The lowest BCUT2D eigenvalue weighted by Gasteiger charge is -2.12. The fourth-order valence-electron chi connectivity index (χ4n) is 1.64. The van der Waals surface area contributed by atoms with Crippen LogP contribution >= 0.6 is 0 Å². The predicted molar refractivity (Wildman–Crippen MR) is 73.6 cm³/mol. The summed E-state index contributed by atoms with van der Waals surface area (Å²) in [5, 5.41) is 0. The average molecular weight is 259 g/mol. The van der Waals surface area contributed by atoms with E-state index in [0.717, 1.165) is 16.9 Å². The van der Waals surface area contributed by atoms with E-state index in [9.17, 15) is 0 Å². The van der Waals surface area contributed by atoms with Crippen LogP contribution in [0.5, 0.6) is 17.5 Å². The SMILES string of the molecule is CCOc1ncnc(Oc2cccc(C)c2C)c1N. The smallest absolute Gasteiger partial charge is 0.249 e. The molecule has 0 fully saturated rings. The third kappa shape index (κ3) is 2.76. The Bertz CT molecular complexity index is 585. The van der Waals surface area contributed by atoms with Gasteiger partial charge in [0.05, 0.1) is 6.61 Å². The van der Waals surface area contributed by atoms with Crippen molar-refractivity contribution in [1.29, 1.82) is 0 Å². The molecule has 1 aromatic heterocycles. The Morgan fingerprint density at radius 3 is 2.63 bits per heavy atom. The van der Waals surface area contributed by atoms with E-state index in [1.54, 1.807) is 0 Å². The maximum absolute atomic E-state index is 5.93. The second kappa shape index (κ2) is 5.56. The Morgan fingerprint density at radius 2 is 1.89 bits per heavy atom. The molecule has 0 saturated carbocycles. The van der Waals surface area contributed by atoms with E-state index in [1.807, 2.05) is 39.0 Å². The number of rotatable bonds is 4. The number of anilines is 1. The van der Waals surface area contributed by atoms with Crippen molar-refractivity contribution in [3.63, 3.8) is 0 Å². The first kappa shape index (κ1) is 13.1. The van der Waals surface area contributed by atoms with Gasteiger partial charge < -0.3 is 15.2 Å². The van der Waals surface area contributed by atoms with Crippen molar-refractivity contribution in [2.75, 3.05) is 12.3 Å². The molecule has 0 radical (unpaired) electrons. The van der Waals surface area contributed by atoms with Gasteiger partial charge in [-0.05, 0) is 38.0 Å². The summed E-state index contributed by atoms with van der Waals surface area (Å²) in [6.07, 6.45) is 1.38. The molecule has 100 valence electrons. The predicted octanol–water partition coefficient (Wildman–Crippen LogP) is 2.87. The number of hydrogen-bond acceptors (Lipinski definition) is 5. The van der Waals surface area contributed by atoms with Gasteiger partial charge >= 0.3 is 0 Å². The van der Waals surface area contributed by atoms with Gasteiger partial charge in [0.2, 0.25) is 11.8 Å². The number of ether oxygens (including phenoxy) is 2. The van der Waals surface area contributed by atoms with Crippen LogP contribution in [0, 0.1) is 13.8 Å². The first-order valence-electron chi connectivity index (χ1n) is 6.10. The van der Waals surface area contributed by atoms with Crippen molar-refractivity contribution in [3.05, 3.63) is 35.7 Å². The number of hydrogen-bond donors (Lipinski definition) is 1. The lowest BCUT2D eigenvalue weighted by Crippen LogP contribution is -2.03. The molecule has 0 bridgehead atoms. The first-order valence-corrected chi connectivity index (χ1v) is 6.10. The first-order chi connectivity index (χ1) is 9.13. The number of benzene rings is 1. The van der Waals surface area contributed by atoms with E-state index in [0.29, 0.717) is 24.1 Å². The normalized spacial score (nSPS) is 10.3. The Balaban J connectivity index is 2.33. The van der Waals surface area contributed by atoms with Gasteiger partial charge in [0.25, 0.3) is 0 Å². The van der Waals surface area contributed by atoms with Crippen LogP contribution in [0.15, 0.2) is 24.5 Å². The highest BCUT2D eigenvalue weighted by Gasteiger charge is 2.12. The van der Waals surface area contributed by atoms with Crippen LogP contribution in [0.4, 0.5) is 5.69 Å². The topological polar surface area (TPSA) is 70.3 Å². The lowest BCUT2D eigenvalue weighted by molar-refractivity contribution is 0.325. The molecule has 0 spiro atoms. The maximum atomic E-state index is 5.93. The van der Waals surface area contributed by atoms with Gasteiger partial charge in [0.1, 0.15) is 12.1 Å². The largest absolute Gasteiger partial charge is 0.476 e. The van der Waals surface area contributed by atoms with Crippen LogP contribution in [0.25, 0.3) is 0 Å². The summed E-state index contributed by atoms with van der Waals surface area (Å²) in [5.41, 5.74) is 8.44. The molecule has 0 unspecified atom stereocenters. The van der Waals surface area contributed by atoms with Crippen molar-refractivity contribution in [3.8, 4) is 17.5 Å². The van der Waals surface area contributed by atoms with Crippen LogP contribution in [0.3, 0.4) is 0 Å². The van der Waals surface area contributed by atoms with Crippen LogP contribution in [0.1, 0.15) is 18.1 Å². The van der Waals surface area contributed by atoms with E-state index in [-0.39, 0.29) is 0 Å². The number of nitrogens with zero attached hydrogens (tertiary/aromatic N) is 2. The Labute approximate surface area is 112 Å². The number of aromatic nitrogens is 2. The molecular weight excluding hydrogens is 242 g/mol. The fraction of sp³-hybridized carbons (Fsp3) is 0.286. The summed E-state index contributed by atoms with van der Waals surface area (Å²) < 4.78 is 11.1. The van der Waals surface area contributed by atoms with Crippen LogP contribution < -0.4 is 15.2 Å². The van der Waals surface area contributed by atoms with E-state index in [2.05, 4.69) is 9.97 Å². The summed E-state index contributed by atoms with van der Waals surface area (Å²) in [4.78, 5) is 8.02. The van der Waals surface area contributed by atoms with Gasteiger partial charge in [-0.2, -0.15) is 9.97 Å². The standard InChI is InChI=1S/C14H17N3O2/c1-4-18-13-12(15)14(17-8-16-13)19-11-7-5-6-9(2)10(11)3/h5-8H,4,15H2,1-3H3. The van der Waals surface area contributed by atoms with Crippen molar-refractivity contribution < 1.29 is 9.47 Å². The van der Waals surface area contributed by atoms with Crippen LogP contribution in [0.2, 0.25) is 0 Å². The second-order valence-corrected chi connectivity index (χ2v) is 4.13. The highest BCUT2D eigenvalue weighted by atomic mass is 16.5. The van der Waals surface area contributed by atoms with E-state index >= 15 is 0 Å². The minimum atomic E-state index is 0.310. The maximum Gasteiger partial charge on any atom is 0.249 e. The molecule has 1 aromatic carbocycles. The third-order valence-corrected chi connectivity index (χ3v) is 2.85. The number of aryl methyl sites for hydroxylation is 1. The number of nitrogens with two attached hydrogens (primary N) is 1. The van der Waals surface area contributed by atoms with Gasteiger partial charge in [0, 0.05) is 0 Å². The molecule has 0 amide bonds. The quantitative estimate of drug-likeness (QED) is 0.914. The molecule has 2 aromatic rings. The molecule has 0 aliphatic heterocycles. The summed E-state index contributed by atoms with van der Waals surface area (Å²) in [6.45, 7) is 6.37. The van der Waals surface area contributed by atoms with Crippen molar-refractivity contribution >= 4 is 5.69 Å². The lowest BCUT2D eigenvalue weighted by atomic mass is 10.1. The van der Waals surface area contributed by atoms with Crippen LogP contribution in [-0.4, -0.2) is 16.6 Å². The van der Waals surface area contributed by atoms with Crippen molar-refractivity contribution in [1.82, 2.24) is 9.97 Å². The Kier molecular flexibility index (Phi) is 3.85. The number of nitrogen functional groups attached to an aromatic ring is 1. The Hall–Kier alpha value is -2.30. The third-order valence-electron chi connectivity index (χ3n) is 2.85. The molecule has 0 aliphatic rings. The molecule has 1 heterocycles. The van der Waals surface area contributed by atoms with Crippen LogP contribution in [-0.2, 0) is 0 Å². The molecular formula is C14H17N3O2. The zero-order valence-electron chi connectivity index (χ0n) is 11.3. The molecule has 0 aliphatic carbocycles. The van der Waals surface area contributed by atoms with E-state index in [1.165, 1.54) is 6.33 Å². The molecule has 5 heteroatoms. The highest BCUT2D eigenvalue weighted by Crippen LogP contribution is 2.32. The Morgan fingerprint density at radius 1 is 1.16 bits per heavy atom. The monoisotopic (exact) mass is 259 g/mol. The molecule has 0 saturated heterocycles. The minimum absolute atomic E-state index is 0.310. The van der Waals surface area contributed by atoms with E-state index < -0.39 is 0 Å². The van der Waals surface area contributed by atoms with Gasteiger partial charge in [0.15, 0.2) is 5.69 Å². The zero-order chi connectivity index (χ0) is 13.8. The molecule has 5 nitrogen and oxygen atoms in total. The second-order valence-electron chi connectivity index (χ2n) is 4.13. The summed E-state index contributed by atoms with van der Waals surface area (Å²) in [7, 11) is 0. The van der Waals surface area contributed by atoms with Gasteiger partial charge in [-0.25, -0.2) is 0 Å². The van der Waals surface area contributed by atoms with E-state index in [4.69, 9.17) is 15.2 Å². The molecule has 0 atom stereocenters. The summed E-state index contributed by atoms with van der Waals surface area (Å²) >= 11 is 0. The minimum Gasteiger partial charge on any atom is -0.476 e. The summed E-state index contributed by atoms with van der Waals surface area (Å²) in [5.74, 6) is 1.39. The van der Waals surface area contributed by atoms with Gasteiger partial charge in [-0.15, -0.1) is 0 Å². The molecule has 2 N–H and O–H groups in total. The molecule has 19 heavy (non-hydrogen) atoms. The van der Waals surface area contributed by atoms with Gasteiger partial charge in [-0.3, -0.25) is 0 Å². The highest BCUT2D eigenvalue weighted by molar-refractivity contribution is 5.57. The summed E-state index contributed by atoms with van der Waals surface area (Å²) in [6, 6.07) is 5.83. The van der Waals surface area contributed by atoms with Crippen molar-refractivity contribution in [2.24, 2.45) is 0 Å². The fourth-order valence-corrected chi connectivity index (χ4v) is 1.64.